The van der Waals surface area contributed by atoms with Gasteiger partial charge in [-0.15, -0.1) is 0 Å². The fraction of sp³-hybridized carbons (Fsp3) is 0. The van der Waals surface area contributed by atoms with Gasteiger partial charge in [0.1, 0.15) is 0 Å². The predicted octanol–water partition coefficient (Wildman–Crippen LogP) is 14.1. The zero-order valence-electron chi connectivity index (χ0n) is 33.8. The summed E-state index contributed by atoms with van der Waals surface area (Å²) < 4.78 is 4.37. The highest BCUT2D eigenvalue weighted by Crippen LogP contribution is 2.43. The van der Waals surface area contributed by atoms with Crippen LogP contribution in [0.15, 0.2) is 212 Å². The number of aromatic nitrogens is 2. The van der Waals surface area contributed by atoms with E-state index in [1.54, 1.807) is 24.3 Å². The van der Waals surface area contributed by atoms with E-state index in [0.29, 0.717) is 0 Å². The van der Waals surface area contributed by atoms with Crippen molar-refractivity contribution in [3.8, 4) is 33.6 Å². The van der Waals surface area contributed by atoms with E-state index in [0.717, 1.165) is 83.2 Å². The van der Waals surface area contributed by atoms with Crippen molar-refractivity contribution in [2.75, 3.05) is 4.90 Å². The zero-order valence-corrected chi connectivity index (χ0v) is 33.8. The first-order valence-electron chi connectivity index (χ1n) is 20.7. The molecule has 7 heteroatoms. The van der Waals surface area contributed by atoms with E-state index >= 15 is 0 Å². The lowest BCUT2D eigenvalue weighted by Crippen LogP contribution is -2.10. The Labute approximate surface area is 362 Å². The molecule has 9 aromatic carbocycles. The van der Waals surface area contributed by atoms with Crippen molar-refractivity contribution in [3.05, 3.63) is 223 Å². The molecule has 2 N–H and O–H groups in total. The third kappa shape index (κ3) is 6.47. The summed E-state index contributed by atoms with van der Waals surface area (Å²) in [6, 6.07) is 71.5. The number of anilines is 3. The molecular formula is C56H37N3O4. The van der Waals surface area contributed by atoms with Crippen LogP contribution in [0.4, 0.5) is 17.1 Å². The molecule has 0 saturated carbocycles. The van der Waals surface area contributed by atoms with Gasteiger partial charge in [0.05, 0.1) is 33.2 Å². The van der Waals surface area contributed by atoms with Gasteiger partial charge in [-0.2, -0.15) is 0 Å². The van der Waals surface area contributed by atoms with Crippen molar-refractivity contribution in [2.45, 2.75) is 0 Å². The summed E-state index contributed by atoms with van der Waals surface area (Å²) in [6.45, 7) is 0. The quantitative estimate of drug-likeness (QED) is 0.151. The fourth-order valence-electron chi connectivity index (χ4n) is 9.00. The fourth-order valence-corrected chi connectivity index (χ4v) is 9.00. The summed E-state index contributed by atoms with van der Waals surface area (Å²) in [4.78, 5) is 25.7. The van der Waals surface area contributed by atoms with Crippen LogP contribution >= 0.6 is 0 Å². The van der Waals surface area contributed by atoms with Crippen LogP contribution in [-0.4, -0.2) is 31.3 Å². The molecule has 11 rings (SSSR count). The van der Waals surface area contributed by atoms with Crippen molar-refractivity contribution in [3.63, 3.8) is 0 Å². The Morgan fingerprint density at radius 1 is 0.333 bits per heavy atom. The maximum Gasteiger partial charge on any atom is 0.335 e. The maximum absolute atomic E-state index is 11.7. The number of rotatable bonds is 9. The molecule has 63 heavy (non-hydrogen) atoms. The number of benzene rings is 9. The largest absolute Gasteiger partial charge is 0.478 e. The predicted molar refractivity (Wildman–Crippen MR) is 255 cm³/mol. The SMILES string of the molecule is O=C(O)c1ccc(-n2c3ccccc3c3cc(N(c4ccc(-c5ccc(-c6ccccc6)cc5)cc4)c4ccc5c(c4)c4ccccc4n5-c4ccc(C(=O)O)cc4)ccc32)cc1. The number of nitrogens with zero attached hydrogens (tertiary/aromatic N) is 3. The molecule has 0 amide bonds. The molecule has 300 valence electrons. The highest BCUT2D eigenvalue weighted by molar-refractivity contribution is 6.12. The van der Waals surface area contributed by atoms with Crippen LogP contribution < -0.4 is 4.90 Å². The minimum Gasteiger partial charge on any atom is -0.478 e. The molecular weight excluding hydrogens is 779 g/mol. The molecule has 0 aliphatic rings. The molecule has 7 nitrogen and oxygen atoms in total. The van der Waals surface area contributed by atoms with Crippen LogP contribution in [0.25, 0.3) is 77.2 Å². The average molecular weight is 816 g/mol. The standard InChI is InChI=1S/C56H37N3O4/c60-55(61)40-20-26-43(27-21-40)58-51-12-6-4-10-47(51)49-34-45(30-32-53(49)58)57(42-24-18-39(19-25-42)38-16-14-37(15-17-38)36-8-2-1-3-9-36)46-31-33-54-50(35-46)48-11-5-7-13-52(48)59(54)44-28-22-41(23-29-44)56(62)63/h1-35H,(H,60,61)(H,62,63). The number of carbonyl (C=O) groups is 2. The van der Waals surface area contributed by atoms with Crippen LogP contribution in [0.5, 0.6) is 0 Å². The molecule has 0 aliphatic carbocycles. The summed E-state index contributed by atoms with van der Waals surface area (Å²) in [7, 11) is 0. The lowest BCUT2D eigenvalue weighted by Gasteiger charge is -2.26. The van der Waals surface area contributed by atoms with Crippen LogP contribution in [-0.2, 0) is 0 Å². The van der Waals surface area contributed by atoms with Gasteiger partial charge in [0.15, 0.2) is 0 Å². The van der Waals surface area contributed by atoms with Crippen molar-refractivity contribution >= 4 is 72.6 Å². The minimum absolute atomic E-state index is 0.240. The van der Waals surface area contributed by atoms with E-state index in [2.05, 4.69) is 147 Å². The van der Waals surface area contributed by atoms with Crippen molar-refractivity contribution < 1.29 is 19.8 Å². The monoisotopic (exact) mass is 815 g/mol. The van der Waals surface area contributed by atoms with Gasteiger partial charge in [0.2, 0.25) is 0 Å². The van der Waals surface area contributed by atoms with Gasteiger partial charge >= 0.3 is 11.9 Å². The summed E-state index contributed by atoms with van der Waals surface area (Å²) in [6.07, 6.45) is 0. The number of aromatic carboxylic acids is 2. The summed E-state index contributed by atoms with van der Waals surface area (Å²) in [5.41, 5.74) is 13.8. The second-order valence-corrected chi connectivity index (χ2v) is 15.6. The second kappa shape index (κ2) is 15.1. The Morgan fingerprint density at radius 3 is 1.11 bits per heavy atom. The number of hydrogen-bond acceptors (Lipinski definition) is 3. The molecule has 0 saturated heterocycles. The van der Waals surface area contributed by atoms with Crippen LogP contribution in [0.3, 0.4) is 0 Å². The Kier molecular flexibility index (Phi) is 8.95. The van der Waals surface area contributed by atoms with E-state index in [1.807, 2.05) is 54.6 Å². The number of fused-ring (bicyclic) bond motifs is 6. The summed E-state index contributed by atoms with van der Waals surface area (Å²) in [5, 5.41) is 23.5. The van der Waals surface area contributed by atoms with Crippen LogP contribution in [0.2, 0.25) is 0 Å². The zero-order chi connectivity index (χ0) is 42.6. The Bertz CT molecular complexity index is 3360. The van der Waals surface area contributed by atoms with Gasteiger partial charge in [-0.3, -0.25) is 0 Å². The minimum atomic E-state index is -0.959. The third-order valence-corrected chi connectivity index (χ3v) is 12.0. The van der Waals surface area contributed by atoms with Crippen LogP contribution in [0.1, 0.15) is 20.7 Å². The second-order valence-electron chi connectivity index (χ2n) is 15.6. The molecule has 2 aromatic heterocycles. The number of para-hydroxylation sites is 2. The van der Waals surface area contributed by atoms with Crippen LogP contribution in [0, 0.1) is 0 Å². The smallest absolute Gasteiger partial charge is 0.335 e. The average Bonchev–Trinajstić information content (AvgIpc) is 3.84. The number of carboxylic acid groups (broad SMARTS) is 2. The summed E-state index contributed by atoms with van der Waals surface area (Å²) >= 11 is 0. The Hall–Kier alpha value is -8.68. The highest BCUT2D eigenvalue weighted by atomic mass is 16.4. The van der Waals surface area contributed by atoms with Crippen molar-refractivity contribution in [1.29, 1.82) is 0 Å². The number of hydrogen-bond donors (Lipinski definition) is 2. The maximum atomic E-state index is 11.7. The first-order chi connectivity index (χ1) is 30.9. The molecule has 0 radical (unpaired) electrons. The molecule has 0 aliphatic heterocycles. The van der Waals surface area contributed by atoms with Gasteiger partial charge in [-0.05, 0) is 131 Å². The molecule has 0 fully saturated rings. The van der Waals surface area contributed by atoms with Crippen molar-refractivity contribution in [1.82, 2.24) is 9.13 Å². The molecule has 0 atom stereocenters. The molecule has 11 aromatic rings. The molecule has 0 spiro atoms. The Morgan fingerprint density at radius 2 is 0.683 bits per heavy atom. The van der Waals surface area contributed by atoms with Gasteiger partial charge in [0.25, 0.3) is 0 Å². The van der Waals surface area contributed by atoms with Gasteiger partial charge in [-0.25, -0.2) is 9.59 Å². The van der Waals surface area contributed by atoms with Gasteiger partial charge in [-0.1, -0.05) is 103 Å². The topological polar surface area (TPSA) is 87.7 Å². The lowest BCUT2D eigenvalue weighted by atomic mass is 10.00. The molecule has 2 heterocycles. The highest BCUT2D eigenvalue weighted by Gasteiger charge is 2.20. The first kappa shape index (κ1) is 37.3. The molecule has 0 bridgehead atoms. The first-order valence-corrected chi connectivity index (χ1v) is 20.7. The summed E-state index contributed by atoms with van der Waals surface area (Å²) in [5.74, 6) is -1.92. The lowest BCUT2D eigenvalue weighted by molar-refractivity contribution is 0.0686. The normalized spacial score (nSPS) is 11.4. The van der Waals surface area contributed by atoms with Crippen molar-refractivity contribution in [2.24, 2.45) is 0 Å². The third-order valence-electron chi connectivity index (χ3n) is 12.0. The number of carboxylic acids is 2. The van der Waals surface area contributed by atoms with E-state index in [4.69, 9.17) is 0 Å². The van der Waals surface area contributed by atoms with E-state index in [-0.39, 0.29) is 11.1 Å². The molecule has 0 unspecified atom stereocenters. The van der Waals surface area contributed by atoms with E-state index in [1.165, 1.54) is 11.1 Å². The van der Waals surface area contributed by atoms with Gasteiger partial charge in [0, 0.05) is 50.0 Å². The van der Waals surface area contributed by atoms with E-state index in [9.17, 15) is 19.8 Å². The van der Waals surface area contributed by atoms with Gasteiger partial charge < -0.3 is 24.2 Å². The Balaban J connectivity index is 1.07. The van der Waals surface area contributed by atoms with E-state index < -0.39 is 11.9 Å².